The third kappa shape index (κ3) is 3.78. The van der Waals surface area contributed by atoms with Crippen LogP contribution in [0.4, 0.5) is 0 Å². The Morgan fingerprint density at radius 1 is 1.47 bits per heavy atom. The van der Waals surface area contributed by atoms with Crippen LogP contribution in [-0.4, -0.2) is 27.9 Å². The van der Waals surface area contributed by atoms with Crippen molar-refractivity contribution in [2.24, 2.45) is 5.92 Å². The van der Waals surface area contributed by atoms with Crippen LogP contribution in [0.3, 0.4) is 0 Å². The second kappa shape index (κ2) is 6.16. The molecule has 0 aromatic carbocycles. The Kier molecular flexibility index (Phi) is 4.55. The summed E-state index contributed by atoms with van der Waals surface area (Å²) in [5.41, 5.74) is 0.954. The van der Waals surface area contributed by atoms with Crippen molar-refractivity contribution in [1.82, 2.24) is 20.0 Å². The molecule has 0 saturated carbocycles. The van der Waals surface area contributed by atoms with Gasteiger partial charge < -0.3 is 10.6 Å². The van der Waals surface area contributed by atoms with Crippen LogP contribution in [0.2, 0.25) is 0 Å². The molecule has 1 atom stereocenters. The number of nitrogens with zero attached hydrogens (tertiary/aromatic N) is 2. The molecule has 0 saturated heterocycles. The molecule has 0 fully saturated rings. The molecule has 2 rings (SSSR count). The molecular weight excluding hydrogens is 260 g/mol. The van der Waals surface area contributed by atoms with Gasteiger partial charge in [0, 0.05) is 30.9 Å². The van der Waals surface area contributed by atoms with E-state index in [1.807, 2.05) is 29.1 Å². The first-order chi connectivity index (χ1) is 9.06. The van der Waals surface area contributed by atoms with Gasteiger partial charge in [-0.3, -0.25) is 9.20 Å². The summed E-state index contributed by atoms with van der Waals surface area (Å²) >= 11 is 1.60. The van der Waals surface area contributed by atoms with Crippen molar-refractivity contribution < 1.29 is 4.79 Å². The summed E-state index contributed by atoms with van der Waals surface area (Å²) in [5, 5.41) is 8.11. The molecule has 2 aromatic rings. The molecule has 6 heteroatoms. The number of fused-ring (bicyclic) bond motifs is 1. The second-order valence-electron chi connectivity index (χ2n) is 5.07. The fourth-order valence-corrected chi connectivity index (χ4v) is 2.39. The molecule has 2 heterocycles. The van der Waals surface area contributed by atoms with E-state index < -0.39 is 0 Å². The van der Waals surface area contributed by atoms with Crippen molar-refractivity contribution in [2.45, 2.75) is 33.4 Å². The molecule has 0 aliphatic heterocycles. The van der Waals surface area contributed by atoms with Crippen LogP contribution in [0, 0.1) is 5.92 Å². The van der Waals surface area contributed by atoms with Crippen molar-refractivity contribution >= 4 is 22.2 Å². The number of carbonyl (C=O) groups excluding carboxylic acids is 1. The number of nitrogens with one attached hydrogen (secondary N) is 2. The van der Waals surface area contributed by atoms with E-state index in [2.05, 4.69) is 29.5 Å². The van der Waals surface area contributed by atoms with Crippen LogP contribution in [0.15, 0.2) is 17.8 Å². The maximum atomic E-state index is 11.8. The lowest BCUT2D eigenvalue weighted by atomic mass is 10.2. The van der Waals surface area contributed by atoms with Gasteiger partial charge in [0.2, 0.25) is 5.91 Å². The van der Waals surface area contributed by atoms with Gasteiger partial charge in [0.25, 0.3) is 0 Å². The number of imidazole rings is 1. The van der Waals surface area contributed by atoms with E-state index in [1.54, 1.807) is 11.3 Å². The highest BCUT2D eigenvalue weighted by atomic mass is 32.1. The summed E-state index contributed by atoms with van der Waals surface area (Å²) in [6, 6.07) is -0.210. The zero-order chi connectivity index (χ0) is 13.8. The molecule has 19 heavy (non-hydrogen) atoms. The average Bonchev–Trinajstić information content (AvgIpc) is 2.93. The average molecular weight is 280 g/mol. The highest BCUT2D eigenvalue weighted by molar-refractivity contribution is 7.15. The lowest BCUT2D eigenvalue weighted by Gasteiger charge is -2.14. The molecule has 0 aliphatic rings. The van der Waals surface area contributed by atoms with E-state index in [0.717, 1.165) is 10.7 Å². The Balaban J connectivity index is 1.81. The van der Waals surface area contributed by atoms with E-state index in [-0.39, 0.29) is 11.9 Å². The van der Waals surface area contributed by atoms with Crippen molar-refractivity contribution in [1.29, 1.82) is 0 Å². The Morgan fingerprint density at radius 3 is 2.95 bits per heavy atom. The van der Waals surface area contributed by atoms with E-state index in [4.69, 9.17) is 0 Å². The first-order valence-corrected chi connectivity index (χ1v) is 7.36. The maximum Gasteiger partial charge on any atom is 0.236 e. The van der Waals surface area contributed by atoms with Gasteiger partial charge in [0.15, 0.2) is 4.96 Å². The monoisotopic (exact) mass is 280 g/mol. The van der Waals surface area contributed by atoms with Crippen LogP contribution >= 0.6 is 11.3 Å². The van der Waals surface area contributed by atoms with Crippen LogP contribution in [0.5, 0.6) is 0 Å². The standard InChI is InChI=1S/C13H20N4OS/c1-9(2)6-15-12(18)10(3)14-7-11-8-17-4-5-19-13(17)16-11/h4-5,8-10,14H,6-7H2,1-3H3,(H,15,18). The molecule has 1 unspecified atom stereocenters. The first kappa shape index (κ1) is 14.0. The highest BCUT2D eigenvalue weighted by Gasteiger charge is 2.12. The Morgan fingerprint density at radius 2 is 2.26 bits per heavy atom. The van der Waals surface area contributed by atoms with Gasteiger partial charge in [-0.1, -0.05) is 13.8 Å². The fraction of sp³-hybridized carbons (Fsp3) is 0.538. The van der Waals surface area contributed by atoms with Gasteiger partial charge >= 0.3 is 0 Å². The SMILES string of the molecule is CC(C)CNC(=O)C(C)NCc1cn2ccsc2n1. The summed E-state index contributed by atoms with van der Waals surface area (Å²) < 4.78 is 1.99. The number of hydrogen-bond acceptors (Lipinski definition) is 4. The molecule has 2 N–H and O–H groups in total. The third-order valence-corrected chi connectivity index (χ3v) is 3.58. The summed E-state index contributed by atoms with van der Waals surface area (Å²) in [5.74, 6) is 0.505. The van der Waals surface area contributed by atoms with Gasteiger partial charge in [-0.15, -0.1) is 11.3 Å². The van der Waals surface area contributed by atoms with Crippen molar-refractivity contribution in [3.8, 4) is 0 Å². The first-order valence-electron chi connectivity index (χ1n) is 6.48. The maximum absolute atomic E-state index is 11.8. The van der Waals surface area contributed by atoms with E-state index in [9.17, 15) is 4.79 Å². The largest absolute Gasteiger partial charge is 0.354 e. The summed E-state index contributed by atoms with van der Waals surface area (Å²) in [6.07, 6.45) is 3.97. The molecule has 0 aliphatic carbocycles. The minimum atomic E-state index is -0.210. The van der Waals surface area contributed by atoms with Crippen LogP contribution in [0.1, 0.15) is 26.5 Å². The molecule has 1 amide bonds. The quantitative estimate of drug-likeness (QED) is 0.846. The van der Waals surface area contributed by atoms with E-state index >= 15 is 0 Å². The minimum Gasteiger partial charge on any atom is -0.354 e. The topological polar surface area (TPSA) is 58.4 Å². The van der Waals surface area contributed by atoms with Gasteiger partial charge in [0.1, 0.15) is 0 Å². The third-order valence-electron chi connectivity index (χ3n) is 2.81. The van der Waals surface area contributed by atoms with Crippen molar-refractivity contribution in [3.63, 3.8) is 0 Å². The van der Waals surface area contributed by atoms with Crippen LogP contribution in [0.25, 0.3) is 4.96 Å². The van der Waals surface area contributed by atoms with Gasteiger partial charge in [-0.25, -0.2) is 4.98 Å². The van der Waals surface area contributed by atoms with Gasteiger partial charge in [-0.2, -0.15) is 0 Å². The summed E-state index contributed by atoms with van der Waals surface area (Å²) in [6.45, 7) is 7.34. The number of hydrogen-bond donors (Lipinski definition) is 2. The molecular formula is C13H20N4OS. The number of amides is 1. The molecule has 104 valence electrons. The summed E-state index contributed by atoms with van der Waals surface area (Å²) in [4.78, 5) is 17.2. The van der Waals surface area contributed by atoms with Crippen molar-refractivity contribution in [2.75, 3.05) is 6.54 Å². The Bertz CT molecular complexity index is 517. The number of carbonyl (C=O) groups is 1. The lowest BCUT2D eigenvalue weighted by molar-refractivity contribution is -0.122. The zero-order valence-electron chi connectivity index (χ0n) is 11.5. The zero-order valence-corrected chi connectivity index (χ0v) is 12.3. The number of aromatic nitrogens is 2. The van der Waals surface area contributed by atoms with Crippen LogP contribution < -0.4 is 10.6 Å². The predicted octanol–water partition coefficient (Wildman–Crippen LogP) is 1.65. The van der Waals surface area contributed by atoms with Crippen LogP contribution in [-0.2, 0) is 11.3 Å². The lowest BCUT2D eigenvalue weighted by Crippen LogP contribution is -2.43. The smallest absolute Gasteiger partial charge is 0.236 e. The summed E-state index contributed by atoms with van der Waals surface area (Å²) in [7, 11) is 0. The molecule has 5 nitrogen and oxygen atoms in total. The Labute approximate surface area is 117 Å². The molecule has 0 bridgehead atoms. The number of thiazole rings is 1. The Hall–Kier alpha value is -1.40. The minimum absolute atomic E-state index is 0.0368. The van der Waals surface area contributed by atoms with E-state index in [1.165, 1.54) is 0 Å². The highest BCUT2D eigenvalue weighted by Crippen LogP contribution is 2.11. The molecule has 0 radical (unpaired) electrons. The second-order valence-corrected chi connectivity index (χ2v) is 5.94. The van der Waals surface area contributed by atoms with Crippen molar-refractivity contribution in [3.05, 3.63) is 23.5 Å². The van der Waals surface area contributed by atoms with Gasteiger partial charge in [-0.05, 0) is 12.8 Å². The fourth-order valence-electron chi connectivity index (χ4n) is 1.67. The van der Waals surface area contributed by atoms with Gasteiger partial charge in [0.05, 0.1) is 11.7 Å². The number of rotatable bonds is 6. The van der Waals surface area contributed by atoms with E-state index in [0.29, 0.717) is 19.0 Å². The molecule has 0 spiro atoms. The molecule has 2 aromatic heterocycles. The normalized spacial score (nSPS) is 13.1. The predicted molar refractivity (Wildman–Crippen MR) is 77.2 cm³/mol.